The summed E-state index contributed by atoms with van der Waals surface area (Å²) in [6.45, 7) is 2.87. The molecule has 1 saturated heterocycles. The van der Waals surface area contributed by atoms with Crippen molar-refractivity contribution in [3.63, 3.8) is 0 Å². The summed E-state index contributed by atoms with van der Waals surface area (Å²) in [5.74, 6) is 0. The van der Waals surface area contributed by atoms with Crippen LogP contribution in [0.3, 0.4) is 0 Å². The summed E-state index contributed by atoms with van der Waals surface area (Å²) in [6, 6.07) is 0.567. The number of hydrogen-bond donors (Lipinski definition) is 1. The number of aromatic nitrogens is 2. The zero-order valence-electron chi connectivity index (χ0n) is 10.4. The van der Waals surface area contributed by atoms with Gasteiger partial charge in [0.15, 0.2) is 0 Å². The van der Waals surface area contributed by atoms with Gasteiger partial charge in [0.05, 0.1) is 17.8 Å². The summed E-state index contributed by atoms with van der Waals surface area (Å²) in [5.41, 5.74) is 7.18. The number of nitrogens with two attached hydrogens (primary N) is 1. The molecule has 2 fully saturated rings. The summed E-state index contributed by atoms with van der Waals surface area (Å²) < 4.78 is 8.04. The molecule has 4 heteroatoms. The molecule has 3 rings (SSSR count). The normalized spacial score (nSPS) is 28.9. The van der Waals surface area contributed by atoms with Gasteiger partial charge in [0.25, 0.3) is 0 Å². The lowest BCUT2D eigenvalue weighted by atomic mass is 9.74. The quantitative estimate of drug-likeness (QED) is 0.854. The maximum absolute atomic E-state index is 5.94. The van der Waals surface area contributed by atoms with Gasteiger partial charge >= 0.3 is 0 Å². The van der Waals surface area contributed by atoms with Crippen LogP contribution in [-0.4, -0.2) is 22.0 Å². The van der Waals surface area contributed by atoms with Crippen molar-refractivity contribution in [1.29, 1.82) is 0 Å². The number of nitrogens with zero attached hydrogens (tertiary/aromatic N) is 2. The van der Waals surface area contributed by atoms with Crippen molar-refractivity contribution in [3.05, 3.63) is 18.0 Å². The molecular formula is C13H21N3O. The van der Waals surface area contributed by atoms with Crippen LogP contribution in [0.25, 0.3) is 0 Å². The van der Waals surface area contributed by atoms with Gasteiger partial charge in [-0.3, -0.25) is 4.68 Å². The third-order valence-corrected chi connectivity index (χ3v) is 4.25. The topological polar surface area (TPSA) is 53.1 Å². The average molecular weight is 235 g/mol. The minimum Gasteiger partial charge on any atom is -0.375 e. The lowest BCUT2D eigenvalue weighted by Crippen LogP contribution is -2.46. The molecule has 2 atom stereocenters. The number of hydrogen-bond acceptors (Lipinski definition) is 3. The average Bonchev–Trinajstić information content (AvgIpc) is 2.76. The van der Waals surface area contributed by atoms with Crippen molar-refractivity contribution >= 4 is 0 Å². The van der Waals surface area contributed by atoms with E-state index in [9.17, 15) is 0 Å². The zero-order valence-corrected chi connectivity index (χ0v) is 10.4. The smallest absolute Gasteiger partial charge is 0.0703 e. The Balaban J connectivity index is 1.74. The van der Waals surface area contributed by atoms with E-state index in [-0.39, 0.29) is 11.6 Å². The Hall–Kier alpha value is -0.870. The largest absolute Gasteiger partial charge is 0.375 e. The molecule has 1 aromatic rings. The Labute approximate surface area is 102 Å². The van der Waals surface area contributed by atoms with Crippen LogP contribution in [0.5, 0.6) is 0 Å². The van der Waals surface area contributed by atoms with Crippen LogP contribution in [0.15, 0.2) is 12.4 Å². The van der Waals surface area contributed by atoms with Crippen LogP contribution in [0.4, 0.5) is 0 Å². The standard InChI is InChI=1S/C13H21N3O/c1-10(14)11-8-15-16(9-11)12-3-6-17-13(7-12)4-2-5-13/h8-10,12H,2-7,14H2,1H3. The maximum atomic E-state index is 5.94. The second-order valence-corrected chi connectivity index (χ2v) is 5.57. The van der Waals surface area contributed by atoms with E-state index in [4.69, 9.17) is 10.5 Å². The fourth-order valence-electron chi connectivity index (χ4n) is 2.93. The van der Waals surface area contributed by atoms with Crippen molar-refractivity contribution in [3.8, 4) is 0 Å². The Bertz CT molecular complexity index is 395. The summed E-state index contributed by atoms with van der Waals surface area (Å²) in [6.07, 6.45) is 9.96. The van der Waals surface area contributed by atoms with Gasteiger partial charge in [-0.15, -0.1) is 0 Å². The lowest BCUT2D eigenvalue weighted by Gasteiger charge is -2.47. The van der Waals surface area contributed by atoms with E-state index in [2.05, 4.69) is 16.0 Å². The molecule has 0 amide bonds. The molecule has 1 aromatic heterocycles. The molecule has 94 valence electrons. The molecule has 17 heavy (non-hydrogen) atoms. The first-order valence-corrected chi connectivity index (χ1v) is 6.62. The predicted octanol–water partition coefficient (Wildman–Crippen LogP) is 2.18. The third-order valence-electron chi connectivity index (χ3n) is 4.25. The fourth-order valence-corrected chi connectivity index (χ4v) is 2.93. The zero-order chi connectivity index (χ0) is 11.9. The molecular weight excluding hydrogens is 214 g/mol. The third kappa shape index (κ3) is 2.00. The van der Waals surface area contributed by atoms with Gasteiger partial charge in [-0.1, -0.05) is 0 Å². The maximum Gasteiger partial charge on any atom is 0.0703 e. The van der Waals surface area contributed by atoms with Crippen LogP contribution in [-0.2, 0) is 4.74 Å². The highest BCUT2D eigenvalue weighted by atomic mass is 16.5. The van der Waals surface area contributed by atoms with Gasteiger partial charge in [0.1, 0.15) is 0 Å². The van der Waals surface area contributed by atoms with E-state index in [1.807, 2.05) is 13.1 Å². The van der Waals surface area contributed by atoms with E-state index in [0.717, 1.165) is 25.0 Å². The first-order chi connectivity index (χ1) is 8.19. The Morgan fingerprint density at radius 3 is 3.00 bits per heavy atom. The SMILES string of the molecule is CC(N)c1cnn(C2CCOC3(CCC3)C2)c1. The van der Waals surface area contributed by atoms with Gasteiger partial charge in [0, 0.05) is 24.4 Å². The van der Waals surface area contributed by atoms with Gasteiger partial charge in [-0.05, 0) is 39.0 Å². The fraction of sp³-hybridized carbons (Fsp3) is 0.769. The first kappa shape index (κ1) is 11.2. The Kier molecular flexibility index (Phi) is 2.71. The van der Waals surface area contributed by atoms with Crippen LogP contribution < -0.4 is 5.73 Å². The van der Waals surface area contributed by atoms with E-state index in [1.165, 1.54) is 19.3 Å². The molecule has 0 radical (unpaired) electrons. The van der Waals surface area contributed by atoms with E-state index in [1.54, 1.807) is 0 Å². The molecule has 1 saturated carbocycles. The minimum atomic E-state index is 0.0706. The molecule has 0 aromatic carbocycles. The van der Waals surface area contributed by atoms with Crippen molar-refractivity contribution in [2.24, 2.45) is 5.73 Å². The monoisotopic (exact) mass is 235 g/mol. The van der Waals surface area contributed by atoms with Crippen molar-refractivity contribution in [2.75, 3.05) is 6.61 Å². The highest BCUT2D eigenvalue weighted by molar-refractivity contribution is 5.09. The highest BCUT2D eigenvalue weighted by Crippen LogP contribution is 2.45. The molecule has 4 nitrogen and oxygen atoms in total. The number of rotatable bonds is 2. The van der Waals surface area contributed by atoms with Gasteiger partial charge in [-0.2, -0.15) is 5.10 Å². The molecule has 2 N–H and O–H groups in total. The highest BCUT2D eigenvalue weighted by Gasteiger charge is 2.43. The van der Waals surface area contributed by atoms with Crippen molar-refractivity contribution < 1.29 is 4.74 Å². The number of ether oxygens (including phenoxy) is 1. The summed E-state index contributed by atoms with van der Waals surface area (Å²) in [5, 5.41) is 4.47. The van der Waals surface area contributed by atoms with Crippen molar-refractivity contribution in [2.45, 2.75) is 56.7 Å². The molecule has 1 aliphatic carbocycles. The Morgan fingerprint density at radius 2 is 2.41 bits per heavy atom. The van der Waals surface area contributed by atoms with E-state index < -0.39 is 0 Å². The van der Waals surface area contributed by atoms with Gasteiger partial charge in [0.2, 0.25) is 0 Å². The predicted molar refractivity (Wildman–Crippen MR) is 65.6 cm³/mol. The van der Waals surface area contributed by atoms with Crippen LogP contribution >= 0.6 is 0 Å². The molecule has 2 aliphatic rings. The van der Waals surface area contributed by atoms with E-state index in [0.29, 0.717) is 6.04 Å². The summed E-state index contributed by atoms with van der Waals surface area (Å²) in [4.78, 5) is 0. The van der Waals surface area contributed by atoms with Crippen LogP contribution in [0.1, 0.15) is 56.7 Å². The first-order valence-electron chi connectivity index (χ1n) is 6.62. The molecule has 2 heterocycles. The van der Waals surface area contributed by atoms with E-state index >= 15 is 0 Å². The van der Waals surface area contributed by atoms with Crippen LogP contribution in [0, 0.1) is 0 Å². The summed E-state index contributed by atoms with van der Waals surface area (Å²) >= 11 is 0. The molecule has 0 bridgehead atoms. The summed E-state index contributed by atoms with van der Waals surface area (Å²) in [7, 11) is 0. The van der Waals surface area contributed by atoms with Gasteiger partial charge in [-0.25, -0.2) is 0 Å². The Morgan fingerprint density at radius 1 is 1.59 bits per heavy atom. The lowest BCUT2D eigenvalue weighted by molar-refractivity contribution is -0.141. The molecule has 1 spiro atoms. The second kappa shape index (κ2) is 4.10. The second-order valence-electron chi connectivity index (χ2n) is 5.57. The molecule has 1 aliphatic heterocycles. The molecule has 2 unspecified atom stereocenters. The van der Waals surface area contributed by atoms with Crippen molar-refractivity contribution in [1.82, 2.24) is 9.78 Å². The van der Waals surface area contributed by atoms with Gasteiger partial charge < -0.3 is 10.5 Å². The van der Waals surface area contributed by atoms with Crippen LogP contribution in [0.2, 0.25) is 0 Å². The minimum absolute atomic E-state index is 0.0706.